The van der Waals surface area contributed by atoms with Gasteiger partial charge in [0.25, 0.3) is 5.91 Å². The summed E-state index contributed by atoms with van der Waals surface area (Å²) in [5, 5.41) is 3.29. The predicted octanol–water partition coefficient (Wildman–Crippen LogP) is 4.15. The zero-order valence-corrected chi connectivity index (χ0v) is 17.9. The molecule has 4 rings (SSSR count). The number of benzene rings is 2. The number of morpholine rings is 1. The summed E-state index contributed by atoms with van der Waals surface area (Å²) >= 11 is 0. The van der Waals surface area contributed by atoms with E-state index in [0.717, 1.165) is 11.3 Å². The molecule has 160 valence electrons. The Hall–Kier alpha value is -3.45. The number of nitrogens with one attached hydrogen (secondary N) is 1. The maximum atomic E-state index is 13.4. The van der Waals surface area contributed by atoms with Gasteiger partial charge in [-0.1, -0.05) is 36.4 Å². The lowest BCUT2D eigenvalue weighted by atomic mass is 10.1. The van der Waals surface area contributed by atoms with Crippen LogP contribution < -0.4 is 10.1 Å². The summed E-state index contributed by atoms with van der Waals surface area (Å²) in [5.74, 6) is 1.60. The molecule has 7 heteroatoms. The molecule has 0 saturated carbocycles. The van der Waals surface area contributed by atoms with Crippen LogP contribution in [0.15, 0.2) is 60.8 Å². The first-order valence-corrected chi connectivity index (χ1v) is 10.3. The molecule has 0 bridgehead atoms. The molecule has 2 unspecified atom stereocenters. The van der Waals surface area contributed by atoms with Crippen LogP contribution in [0.25, 0.3) is 11.4 Å². The van der Waals surface area contributed by atoms with E-state index >= 15 is 0 Å². The maximum absolute atomic E-state index is 13.4. The van der Waals surface area contributed by atoms with Crippen molar-refractivity contribution in [2.75, 3.05) is 25.5 Å². The Kier molecular flexibility index (Phi) is 6.13. The number of carbonyl (C=O) groups is 1. The lowest BCUT2D eigenvalue weighted by Crippen LogP contribution is -2.48. The van der Waals surface area contributed by atoms with E-state index < -0.39 is 0 Å². The van der Waals surface area contributed by atoms with Gasteiger partial charge in [0.2, 0.25) is 0 Å². The van der Waals surface area contributed by atoms with E-state index in [1.807, 2.05) is 68.4 Å². The predicted molar refractivity (Wildman–Crippen MR) is 120 cm³/mol. The Balaban J connectivity index is 1.72. The van der Waals surface area contributed by atoms with Crippen LogP contribution >= 0.6 is 0 Å². The fourth-order valence-corrected chi connectivity index (χ4v) is 3.71. The van der Waals surface area contributed by atoms with E-state index in [1.165, 1.54) is 0 Å². The van der Waals surface area contributed by atoms with Gasteiger partial charge in [0, 0.05) is 36.6 Å². The molecule has 2 atom stereocenters. The average Bonchev–Trinajstić information content (AvgIpc) is 2.78. The summed E-state index contributed by atoms with van der Waals surface area (Å²) in [6.07, 6.45) is 1.56. The zero-order chi connectivity index (χ0) is 21.8. The molecule has 1 fully saturated rings. The lowest BCUT2D eigenvalue weighted by molar-refractivity contribution is -0.0586. The highest BCUT2D eigenvalue weighted by Gasteiger charge is 2.29. The molecule has 3 aromatic rings. The SMILES string of the molecule is COc1cccc(Nc2nc(-c3ccccc3)ncc2C(=O)N2CC(C)OC(C)C2)c1. The Morgan fingerprint density at radius 1 is 1.10 bits per heavy atom. The second-order valence-corrected chi connectivity index (χ2v) is 7.65. The normalized spacial score (nSPS) is 18.5. The van der Waals surface area contributed by atoms with Crippen molar-refractivity contribution in [3.05, 3.63) is 66.4 Å². The van der Waals surface area contributed by atoms with Crippen LogP contribution in [0.5, 0.6) is 5.75 Å². The number of hydrogen-bond acceptors (Lipinski definition) is 6. The van der Waals surface area contributed by atoms with Crippen LogP contribution in [-0.4, -0.2) is 53.2 Å². The number of hydrogen-bond donors (Lipinski definition) is 1. The van der Waals surface area contributed by atoms with Crippen molar-refractivity contribution >= 4 is 17.4 Å². The van der Waals surface area contributed by atoms with Crippen molar-refractivity contribution in [2.45, 2.75) is 26.1 Å². The summed E-state index contributed by atoms with van der Waals surface area (Å²) < 4.78 is 11.1. The molecular formula is C24H26N4O3. The van der Waals surface area contributed by atoms with Gasteiger partial charge in [-0.2, -0.15) is 0 Å². The Morgan fingerprint density at radius 3 is 2.55 bits per heavy atom. The van der Waals surface area contributed by atoms with Crippen molar-refractivity contribution < 1.29 is 14.3 Å². The van der Waals surface area contributed by atoms with Crippen LogP contribution in [0.3, 0.4) is 0 Å². The minimum Gasteiger partial charge on any atom is -0.497 e. The Bertz CT molecular complexity index is 1050. The van der Waals surface area contributed by atoms with Crippen molar-refractivity contribution in [2.24, 2.45) is 0 Å². The first-order valence-electron chi connectivity index (χ1n) is 10.3. The third-order valence-electron chi connectivity index (χ3n) is 5.09. The standard InChI is InChI=1S/C24H26N4O3/c1-16-14-28(15-17(2)31-16)24(29)21-13-25-22(18-8-5-4-6-9-18)27-23(21)26-19-10-7-11-20(12-19)30-3/h4-13,16-17H,14-15H2,1-3H3,(H,25,26,27). The number of amides is 1. The summed E-state index contributed by atoms with van der Waals surface area (Å²) in [6, 6.07) is 17.2. The monoisotopic (exact) mass is 418 g/mol. The minimum absolute atomic E-state index is 0.0213. The average molecular weight is 418 g/mol. The highest BCUT2D eigenvalue weighted by molar-refractivity contribution is 5.99. The molecule has 0 radical (unpaired) electrons. The van der Waals surface area contributed by atoms with Gasteiger partial charge in [0.05, 0.1) is 19.3 Å². The van der Waals surface area contributed by atoms with E-state index in [9.17, 15) is 4.79 Å². The van der Waals surface area contributed by atoms with Gasteiger partial charge in [0.15, 0.2) is 5.82 Å². The Labute approximate surface area is 182 Å². The topological polar surface area (TPSA) is 76.6 Å². The lowest BCUT2D eigenvalue weighted by Gasteiger charge is -2.35. The summed E-state index contributed by atoms with van der Waals surface area (Å²) in [4.78, 5) is 24.4. The van der Waals surface area contributed by atoms with Gasteiger partial charge in [-0.15, -0.1) is 0 Å². The first-order chi connectivity index (χ1) is 15.0. The molecule has 2 heterocycles. The number of rotatable bonds is 5. The van der Waals surface area contributed by atoms with Crippen LogP contribution in [0.2, 0.25) is 0 Å². The summed E-state index contributed by atoms with van der Waals surface area (Å²) in [7, 11) is 1.62. The number of aromatic nitrogens is 2. The fourth-order valence-electron chi connectivity index (χ4n) is 3.71. The molecule has 0 aliphatic carbocycles. The van der Waals surface area contributed by atoms with Crippen LogP contribution in [0.4, 0.5) is 11.5 Å². The van der Waals surface area contributed by atoms with E-state index in [4.69, 9.17) is 14.5 Å². The van der Waals surface area contributed by atoms with Gasteiger partial charge in [0.1, 0.15) is 17.1 Å². The maximum Gasteiger partial charge on any atom is 0.259 e. The highest BCUT2D eigenvalue weighted by atomic mass is 16.5. The molecule has 1 aliphatic heterocycles. The molecule has 2 aromatic carbocycles. The number of anilines is 2. The summed E-state index contributed by atoms with van der Waals surface area (Å²) in [6.45, 7) is 5.01. The number of ether oxygens (including phenoxy) is 2. The molecular weight excluding hydrogens is 392 g/mol. The van der Waals surface area contributed by atoms with Crippen LogP contribution in [0, 0.1) is 0 Å². The van der Waals surface area contributed by atoms with Crippen LogP contribution in [-0.2, 0) is 4.74 Å². The van der Waals surface area contributed by atoms with Crippen LogP contribution in [0.1, 0.15) is 24.2 Å². The first kappa shape index (κ1) is 20.8. The second-order valence-electron chi connectivity index (χ2n) is 7.65. The molecule has 31 heavy (non-hydrogen) atoms. The zero-order valence-electron chi connectivity index (χ0n) is 17.9. The van der Waals surface area contributed by atoms with Crippen molar-refractivity contribution in [3.8, 4) is 17.1 Å². The number of carbonyl (C=O) groups excluding carboxylic acids is 1. The van der Waals surface area contributed by atoms with Gasteiger partial charge >= 0.3 is 0 Å². The van der Waals surface area contributed by atoms with Gasteiger partial charge in [-0.3, -0.25) is 4.79 Å². The second kappa shape index (κ2) is 9.14. The summed E-state index contributed by atoms with van der Waals surface area (Å²) in [5.41, 5.74) is 2.07. The minimum atomic E-state index is -0.119. The third-order valence-corrected chi connectivity index (χ3v) is 5.09. The molecule has 1 aromatic heterocycles. The largest absolute Gasteiger partial charge is 0.497 e. The van der Waals surface area contributed by atoms with Gasteiger partial charge < -0.3 is 19.7 Å². The smallest absolute Gasteiger partial charge is 0.259 e. The third kappa shape index (κ3) is 4.83. The van der Waals surface area contributed by atoms with Crippen molar-refractivity contribution in [1.82, 2.24) is 14.9 Å². The highest BCUT2D eigenvalue weighted by Crippen LogP contribution is 2.26. The van der Waals surface area contributed by atoms with Gasteiger partial charge in [-0.25, -0.2) is 9.97 Å². The molecule has 7 nitrogen and oxygen atoms in total. The fraction of sp³-hybridized carbons (Fsp3) is 0.292. The van der Waals surface area contributed by atoms with Gasteiger partial charge in [-0.05, 0) is 26.0 Å². The van der Waals surface area contributed by atoms with E-state index in [-0.39, 0.29) is 18.1 Å². The van der Waals surface area contributed by atoms with E-state index in [2.05, 4.69) is 10.3 Å². The van der Waals surface area contributed by atoms with E-state index in [0.29, 0.717) is 36.0 Å². The number of methoxy groups -OCH3 is 1. The quantitative estimate of drug-likeness (QED) is 0.671. The molecule has 1 saturated heterocycles. The Morgan fingerprint density at radius 2 is 1.84 bits per heavy atom. The molecule has 1 N–H and O–H groups in total. The molecule has 1 aliphatic rings. The van der Waals surface area contributed by atoms with E-state index in [1.54, 1.807) is 18.2 Å². The van der Waals surface area contributed by atoms with Crippen molar-refractivity contribution in [3.63, 3.8) is 0 Å². The van der Waals surface area contributed by atoms with Crippen molar-refractivity contribution in [1.29, 1.82) is 0 Å². The molecule has 0 spiro atoms. The number of nitrogens with zero attached hydrogens (tertiary/aromatic N) is 3. The molecule has 1 amide bonds.